The molecule has 0 aromatic heterocycles. The van der Waals surface area contributed by atoms with Crippen molar-refractivity contribution in [2.45, 2.75) is 84.0 Å². The van der Waals surface area contributed by atoms with Crippen LogP contribution in [0.5, 0.6) is 5.75 Å². The second-order valence-electron chi connectivity index (χ2n) is 6.54. The molecule has 3 heteroatoms. The summed E-state index contributed by atoms with van der Waals surface area (Å²) in [6, 6.07) is 6.84. The average molecular weight is 334 g/mol. The third kappa shape index (κ3) is 9.59. The fourth-order valence-corrected chi connectivity index (χ4v) is 2.89. The van der Waals surface area contributed by atoms with Gasteiger partial charge in [-0.1, -0.05) is 89.7 Å². The molecular formula is C21H34O3. The van der Waals surface area contributed by atoms with Gasteiger partial charge in [-0.05, 0) is 18.6 Å². The Morgan fingerprint density at radius 1 is 0.833 bits per heavy atom. The van der Waals surface area contributed by atoms with Gasteiger partial charge in [-0.2, -0.15) is 0 Å². The molecule has 136 valence electrons. The first-order chi connectivity index (χ1) is 11.8. The predicted octanol–water partition coefficient (Wildman–Crippen LogP) is 6.46. The largest absolute Gasteiger partial charge is 0.493 e. The van der Waals surface area contributed by atoms with Crippen LogP contribution in [0.2, 0.25) is 0 Å². The molecule has 0 saturated heterocycles. The maximum atomic E-state index is 11.1. The van der Waals surface area contributed by atoms with Crippen LogP contribution in [0.15, 0.2) is 24.3 Å². The number of benzene rings is 1. The van der Waals surface area contributed by atoms with Gasteiger partial charge in [-0.15, -0.1) is 0 Å². The van der Waals surface area contributed by atoms with Crippen LogP contribution in [0.4, 0.5) is 0 Å². The number of hydrogen-bond donors (Lipinski definition) is 1. The van der Waals surface area contributed by atoms with E-state index >= 15 is 0 Å². The molecule has 1 aromatic carbocycles. The van der Waals surface area contributed by atoms with E-state index in [1.807, 2.05) is 6.07 Å². The molecule has 1 rings (SSSR count). The van der Waals surface area contributed by atoms with Crippen molar-refractivity contribution in [3.63, 3.8) is 0 Å². The molecule has 1 aromatic rings. The van der Waals surface area contributed by atoms with Gasteiger partial charge in [0.05, 0.1) is 6.61 Å². The van der Waals surface area contributed by atoms with Crippen LogP contribution < -0.4 is 4.74 Å². The van der Waals surface area contributed by atoms with Gasteiger partial charge in [0.25, 0.3) is 0 Å². The highest BCUT2D eigenvalue weighted by molar-refractivity contribution is 5.90. The van der Waals surface area contributed by atoms with Crippen LogP contribution in [0, 0.1) is 0 Å². The molecule has 0 aliphatic carbocycles. The first kappa shape index (κ1) is 20.5. The lowest BCUT2D eigenvalue weighted by Crippen LogP contribution is -2.04. The van der Waals surface area contributed by atoms with E-state index in [0.29, 0.717) is 12.4 Å². The van der Waals surface area contributed by atoms with Gasteiger partial charge in [-0.3, -0.25) is 0 Å². The van der Waals surface area contributed by atoms with E-state index in [9.17, 15) is 4.79 Å². The second kappa shape index (κ2) is 13.9. The molecule has 0 atom stereocenters. The topological polar surface area (TPSA) is 46.5 Å². The quantitative estimate of drug-likeness (QED) is 0.374. The number of carbonyl (C=O) groups is 1. The van der Waals surface area contributed by atoms with Crippen LogP contribution in [0.3, 0.4) is 0 Å². The lowest BCUT2D eigenvalue weighted by atomic mass is 10.1. The van der Waals surface area contributed by atoms with E-state index in [0.717, 1.165) is 12.8 Å². The number of aromatic carboxylic acids is 1. The van der Waals surface area contributed by atoms with Gasteiger partial charge in [0.2, 0.25) is 0 Å². The van der Waals surface area contributed by atoms with Crippen molar-refractivity contribution in [2.75, 3.05) is 6.61 Å². The summed E-state index contributed by atoms with van der Waals surface area (Å²) in [5, 5.41) is 9.09. The van der Waals surface area contributed by atoms with E-state index in [4.69, 9.17) is 9.84 Å². The molecule has 0 spiro atoms. The maximum absolute atomic E-state index is 11.1. The van der Waals surface area contributed by atoms with Gasteiger partial charge >= 0.3 is 5.97 Å². The van der Waals surface area contributed by atoms with Crippen molar-refractivity contribution in [1.82, 2.24) is 0 Å². The summed E-state index contributed by atoms with van der Waals surface area (Å²) in [5.41, 5.74) is 0.247. The van der Waals surface area contributed by atoms with Crippen molar-refractivity contribution in [3.8, 4) is 5.75 Å². The van der Waals surface area contributed by atoms with Crippen molar-refractivity contribution < 1.29 is 14.6 Å². The van der Waals surface area contributed by atoms with E-state index in [1.54, 1.807) is 18.2 Å². The molecule has 3 nitrogen and oxygen atoms in total. The van der Waals surface area contributed by atoms with Gasteiger partial charge in [-0.25, -0.2) is 4.79 Å². The number of rotatable bonds is 15. The fraction of sp³-hybridized carbons (Fsp3) is 0.667. The standard InChI is InChI=1S/C21H34O3/c1-2-3-4-5-6-7-8-9-10-11-12-15-18-24-20-17-14-13-16-19(20)21(22)23/h13-14,16-17H,2-12,15,18H2,1H3,(H,22,23). The summed E-state index contributed by atoms with van der Waals surface area (Å²) in [6.07, 6.45) is 15.7. The average Bonchev–Trinajstić information content (AvgIpc) is 2.59. The van der Waals surface area contributed by atoms with Crippen molar-refractivity contribution in [3.05, 3.63) is 29.8 Å². The number of hydrogen-bond acceptors (Lipinski definition) is 2. The third-order valence-corrected chi connectivity index (χ3v) is 4.37. The molecule has 0 saturated carbocycles. The summed E-state index contributed by atoms with van der Waals surface area (Å²) < 4.78 is 5.61. The highest BCUT2D eigenvalue weighted by atomic mass is 16.5. The number of para-hydroxylation sites is 1. The zero-order chi connectivity index (χ0) is 17.5. The summed E-state index contributed by atoms with van der Waals surface area (Å²) >= 11 is 0. The van der Waals surface area contributed by atoms with Crippen LogP contribution >= 0.6 is 0 Å². The first-order valence-corrected chi connectivity index (χ1v) is 9.70. The Morgan fingerprint density at radius 2 is 1.33 bits per heavy atom. The Morgan fingerprint density at radius 3 is 1.88 bits per heavy atom. The lowest BCUT2D eigenvalue weighted by Gasteiger charge is -2.08. The summed E-state index contributed by atoms with van der Waals surface area (Å²) in [7, 11) is 0. The molecule has 0 radical (unpaired) electrons. The SMILES string of the molecule is CCCCCCCCCCCCCCOc1ccccc1C(=O)O. The van der Waals surface area contributed by atoms with Gasteiger partial charge in [0, 0.05) is 0 Å². The Labute approximate surface area is 147 Å². The first-order valence-electron chi connectivity index (χ1n) is 9.70. The van der Waals surface area contributed by atoms with Crippen LogP contribution in [0.1, 0.15) is 94.3 Å². The molecule has 0 heterocycles. The Kier molecular flexibility index (Phi) is 11.9. The number of carboxylic acid groups (broad SMARTS) is 1. The summed E-state index contributed by atoms with van der Waals surface area (Å²) in [6.45, 7) is 2.86. The monoisotopic (exact) mass is 334 g/mol. The zero-order valence-electron chi connectivity index (χ0n) is 15.3. The fourth-order valence-electron chi connectivity index (χ4n) is 2.89. The molecule has 0 aliphatic rings. The summed E-state index contributed by atoms with van der Waals surface area (Å²) in [5.74, 6) is -0.451. The van der Waals surface area contributed by atoms with Gasteiger partial charge < -0.3 is 9.84 Å². The highest BCUT2D eigenvalue weighted by Crippen LogP contribution is 2.18. The Hall–Kier alpha value is -1.51. The maximum Gasteiger partial charge on any atom is 0.339 e. The van der Waals surface area contributed by atoms with E-state index < -0.39 is 5.97 Å². The number of unbranched alkanes of at least 4 members (excludes halogenated alkanes) is 11. The van der Waals surface area contributed by atoms with Crippen LogP contribution in [-0.2, 0) is 0 Å². The molecule has 0 aliphatic heterocycles. The number of ether oxygens (including phenoxy) is 1. The van der Waals surface area contributed by atoms with Gasteiger partial charge in [0.1, 0.15) is 11.3 Å². The molecule has 0 bridgehead atoms. The summed E-state index contributed by atoms with van der Waals surface area (Å²) in [4.78, 5) is 11.1. The molecule has 0 amide bonds. The predicted molar refractivity (Wildman–Crippen MR) is 100.0 cm³/mol. The smallest absolute Gasteiger partial charge is 0.339 e. The molecule has 1 N–H and O–H groups in total. The third-order valence-electron chi connectivity index (χ3n) is 4.37. The van der Waals surface area contributed by atoms with Crippen LogP contribution in [-0.4, -0.2) is 17.7 Å². The van der Waals surface area contributed by atoms with E-state index in [2.05, 4.69) is 6.92 Å². The highest BCUT2D eigenvalue weighted by Gasteiger charge is 2.09. The van der Waals surface area contributed by atoms with Crippen molar-refractivity contribution >= 4 is 5.97 Å². The Bertz CT molecular complexity index is 442. The van der Waals surface area contributed by atoms with E-state index in [1.165, 1.54) is 64.2 Å². The lowest BCUT2D eigenvalue weighted by molar-refractivity contribution is 0.0692. The minimum Gasteiger partial charge on any atom is -0.493 e. The normalized spacial score (nSPS) is 10.7. The van der Waals surface area contributed by atoms with E-state index in [-0.39, 0.29) is 5.56 Å². The van der Waals surface area contributed by atoms with Crippen molar-refractivity contribution in [2.24, 2.45) is 0 Å². The zero-order valence-corrected chi connectivity index (χ0v) is 15.3. The molecule has 0 unspecified atom stereocenters. The second-order valence-corrected chi connectivity index (χ2v) is 6.54. The van der Waals surface area contributed by atoms with Crippen LogP contribution in [0.25, 0.3) is 0 Å². The molecule has 24 heavy (non-hydrogen) atoms. The number of carboxylic acids is 1. The Balaban J connectivity index is 1.93. The van der Waals surface area contributed by atoms with Gasteiger partial charge in [0.15, 0.2) is 0 Å². The molecule has 0 fully saturated rings. The van der Waals surface area contributed by atoms with Crippen molar-refractivity contribution in [1.29, 1.82) is 0 Å². The minimum atomic E-state index is -0.930. The minimum absolute atomic E-state index is 0.247. The molecular weight excluding hydrogens is 300 g/mol.